The lowest BCUT2D eigenvalue weighted by molar-refractivity contribution is 0.446. The molecule has 1 aromatic rings. The third-order valence-corrected chi connectivity index (χ3v) is 2.86. The normalized spacial score (nSPS) is 11.0. The van der Waals surface area contributed by atoms with E-state index < -0.39 is 0 Å². The number of hydrogen-bond donors (Lipinski definition) is 2. The summed E-state index contributed by atoms with van der Waals surface area (Å²) in [6.07, 6.45) is 2.30. The Labute approximate surface area is 96.5 Å². The standard InChI is InChI=1S/C13H20FNO/c1-3-10(4-2)8-15-9-11-5-12(14)7-13(16)6-11/h5-7,10,15-16H,3-4,8-9H2,1-2H3. The number of aromatic hydroxyl groups is 1. The summed E-state index contributed by atoms with van der Waals surface area (Å²) in [5, 5.41) is 12.5. The van der Waals surface area contributed by atoms with E-state index >= 15 is 0 Å². The predicted molar refractivity (Wildman–Crippen MR) is 63.8 cm³/mol. The third kappa shape index (κ3) is 4.19. The number of phenols is 1. The molecule has 0 aliphatic carbocycles. The molecule has 0 saturated heterocycles. The van der Waals surface area contributed by atoms with Crippen molar-refractivity contribution in [2.24, 2.45) is 5.92 Å². The van der Waals surface area contributed by atoms with Crippen LogP contribution in [0.1, 0.15) is 32.3 Å². The van der Waals surface area contributed by atoms with Gasteiger partial charge in [-0.3, -0.25) is 0 Å². The second-order valence-electron chi connectivity index (χ2n) is 4.13. The molecule has 0 bridgehead atoms. The van der Waals surface area contributed by atoms with Gasteiger partial charge in [0, 0.05) is 12.6 Å². The third-order valence-electron chi connectivity index (χ3n) is 2.86. The second-order valence-corrected chi connectivity index (χ2v) is 4.13. The van der Waals surface area contributed by atoms with Gasteiger partial charge in [0.05, 0.1) is 0 Å². The Hall–Kier alpha value is -1.09. The first-order valence-electron chi connectivity index (χ1n) is 5.84. The largest absolute Gasteiger partial charge is 0.508 e. The maximum absolute atomic E-state index is 13.0. The van der Waals surface area contributed by atoms with Gasteiger partial charge in [0.1, 0.15) is 11.6 Å². The van der Waals surface area contributed by atoms with Crippen molar-refractivity contribution in [3.63, 3.8) is 0 Å². The highest BCUT2D eigenvalue weighted by molar-refractivity contribution is 5.28. The van der Waals surface area contributed by atoms with Gasteiger partial charge in [-0.2, -0.15) is 0 Å². The highest BCUT2D eigenvalue weighted by Gasteiger charge is 2.03. The van der Waals surface area contributed by atoms with E-state index in [1.807, 2.05) is 0 Å². The zero-order chi connectivity index (χ0) is 12.0. The van der Waals surface area contributed by atoms with Gasteiger partial charge in [-0.25, -0.2) is 4.39 Å². The summed E-state index contributed by atoms with van der Waals surface area (Å²) in [6, 6.07) is 4.15. The molecule has 0 aliphatic rings. The molecule has 0 radical (unpaired) electrons. The summed E-state index contributed by atoms with van der Waals surface area (Å²) in [5.74, 6) is 0.265. The van der Waals surface area contributed by atoms with E-state index in [9.17, 15) is 9.50 Å². The summed E-state index contributed by atoms with van der Waals surface area (Å²) in [5.41, 5.74) is 0.781. The summed E-state index contributed by atoms with van der Waals surface area (Å²) in [4.78, 5) is 0. The van der Waals surface area contributed by atoms with Gasteiger partial charge in [-0.05, 0) is 30.2 Å². The molecule has 1 rings (SSSR count). The van der Waals surface area contributed by atoms with Crippen molar-refractivity contribution in [2.45, 2.75) is 33.2 Å². The quantitative estimate of drug-likeness (QED) is 0.780. The average Bonchev–Trinajstić information content (AvgIpc) is 2.23. The predicted octanol–water partition coefficient (Wildman–Crippen LogP) is 3.06. The van der Waals surface area contributed by atoms with Crippen molar-refractivity contribution >= 4 is 0 Å². The molecule has 0 saturated carbocycles. The smallest absolute Gasteiger partial charge is 0.127 e. The lowest BCUT2D eigenvalue weighted by Gasteiger charge is -2.13. The van der Waals surface area contributed by atoms with Gasteiger partial charge < -0.3 is 10.4 Å². The molecule has 3 heteroatoms. The first-order chi connectivity index (χ1) is 7.65. The van der Waals surface area contributed by atoms with Gasteiger partial charge >= 0.3 is 0 Å². The van der Waals surface area contributed by atoms with E-state index in [1.165, 1.54) is 6.07 Å². The molecule has 0 aliphatic heterocycles. The van der Waals surface area contributed by atoms with E-state index in [0.717, 1.165) is 31.0 Å². The van der Waals surface area contributed by atoms with Crippen molar-refractivity contribution in [3.8, 4) is 5.75 Å². The van der Waals surface area contributed by atoms with Crippen LogP contribution in [0.2, 0.25) is 0 Å². The fourth-order valence-electron chi connectivity index (χ4n) is 1.73. The Bertz CT molecular complexity index is 303. The molecule has 0 heterocycles. The van der Waals surface area contributed by atoms with Crippen LogP contribution in [0.15, 0.2) is 18.2 Å². The fourth-order valence-corrected chi connectivity index (χ4v) is 1.73. The van der Waals surface area contributed by atoms with Crippen molar-refractivity contribution < 1.29 is 9.50 Å². The summed E-state index contributed by atoms with van der Waals surface area (Å²) >= 11 is 0. The maximum Gasteiger partial charge on any atom is 0.127 e. The molecule has 90 valence electrons. The van der Waals surface area contributed by atoms with Crippen molar-refractivity contribution in [3.05, 3.63) is 29.6 Å². The van der Waals surface area contributed by atoms with Crippen LogP contribution in [0, 0.1) is 11.7 Å². The van der Waals surface area contributed by atoms with Gasteiger partial charge in [-0.15, -0.1) is 0 Å². The molecule has 0 aromatic heterocycles. The van der Waals surface area contributed by atoms with E-state index in [0.29, 0.717) is 12.5 Å². The highest BCUT2D eigenvalue weighted by atomic mass is 19.1. The van der Waals surface area contributed by atoms with Crippen LogP contribution in [-0.4, -0.2) is 11.7 Å². The summed E-state index contributed by atoms with van der Waals surface area (Å²) < 4.78 is 13.0. The Kier molecular flexibility index (Phi) is 5.26. The minimum absolute atomic E-state index is 0.0145. The summed E-state index contributed by atoms with van der Waals surface area (Å²) in [7, 11) is 0. The molecule has 0 spiro atoms. The van der Waals surface area contributed by atoms with Crippen LogP contribution in [0.5, 0.6) is 5.75 Å². The van der Waals surface area contributed by atoms with Crippen LogP contribution < -0.4 is 5.32 Å². The SMILES string of the molecule is CCC(CC)CNCc1cc(O)cc(F)c1. The molecule has 0 unspecified atom stereocenters. The molecular weight excluding hydrogens is 205 g/mol. The van der Waals surface area contributed by atoms with Crippen LogP contribution in [-0.2, 0) is 6.54 Å². The van der Waals surface area contributed by atoms with E-state index in [1.54, 1.807) is 6.07 Å². The van der Waals surface area contributed by atoms with Crippen LogP contribution in [0.25, 0.3) is 0 Å². The first-order valence-corrected chi connectivity index (χ1v) is 5.84. The minimum Gasteiger partial charge on any atom is -0.508 e. The van der Waals surface area contributed by atoms with Crippen molar-refractivity contribution in [2.75, 3.05) is 6.54 Å². The number of phenolic OH excluding ortho intramolecular Hbond substituents is 1. The fraction of sp³-hybridized carbons (Fsp3) is 0.538. The Morgan fingerprint density at radius 1 is 1.25 bits per heavy atom. The maximum atomic E-state index is 13.0. The molecule has 2 N–H and O–H groups in total. The van der Waals surface area contributed by atoms with Gasteiger partial charge in [0.2, 0.25) is 0 Å². The molecule has 16 heavy (non-hydrogen) atoms. The molecule has 2 nitrogen and oxygen atoms in total. The van der Waals surface area contributed by atoms with Gasteiger partial charge in [0.15, 0.2) is 0 Å². The molecular formula is C13H20FNO. The molecule has 0 atom stereocenters. The Balaban J connectivity index is 2.42. The van der Waals surface area contributed by atoms with E-state index in [2.05, 4.69) is 19.2 Å². The number of halogens is 1. The molecule has 0 fully saturated rings. The van der Waals surface area contributed by atoms with Gasteiger partial charge in [-0.1, -0.05) is 26.7 Å². The Morgan fingerprint density at radius 2 is 1.94 bits per heavy atom. The average molecular weight is 225 g/mol. The number of nitrogens with one attached hydrogen (secondary N) is 1. The molecule has 1 aromatic carbocycles. The Morgan fingerprint density at radius 3 is 2.50 bits per heavy atom. The highest BCUT2D eigenvalue weighted by Crippen LogP contribution is 2.14. The van der Waals surface area contributed by atoms with Crippen molar-refractivity contribution in [1.29, 1.82) is 0 Å². The second kappa shape index (κ2) is 6.48. The zero-order valence-corrected chi connectivity index (χ0v) is 9.96. The number of rotatable bonds is 6. The first kappa shape index (κ1) is 13.0. The van der Waals surface area contributed by atoms with Crippen LogP contribution in [0.4, 0.5) is 4.39 Å². The van der Waals surface area contributed by atoms with Crippen LogP contribution in [0.3, 0.4) is 0 Å². The minimum atomic E-state index is -0.390. The molecule has 0 amide bonds. The van der Waals surface area contributed by atoms with E-state index in [4.69, 9.17) is 0 Å². The zero-order valence-electron chi connectivity index (χ0n) is 9.96. The van der Waals surface area contributed by atoms with Crippen LogP contribution >= 0.6 is 0 Å². The van der Waals surface area contributed by atoms with Gasteiger partial charge in [0.25, 0.3) is 0 Å². The topological polar surface area (TPSA) is 32.3 Å². The number of hydrogen-bond acceptors (Lipinski definition) is 2. The monoisotopic (exact) mass is 225 g/mol. The summed E-state index contributed by atoms with van der Waals surface area (Å²) in [6.45, 7) is 5.87. The van der Waals surface area contributed by atoms with E-state index in [-0.39, 0.29) is 11.6 Å². The van der Waals surface area contributed by atoms with Crippen molar-refractivity contribution in [1.82, 2.24) is 5.32 Å². The lowest BCUT2D eigenvalue weighted by Crippen LogP contribution is -2.21. The number of benzene rings is 1. The lowest BCUT2D eigenvalue weighted by atomic mass is 10.0.